The van der Waals surface area contributed by atoms with Gasteiger partial charge in [-0.25, -0.2) is 0 Å². The number of hydrogen-bond acceptors (Lipinski definition) is 2. The van der Waals surface area contributed by atoms with Crippen molar-refractivity contribution in [2.24, 2.45) is 0 Å². The van der Waals surface area contributed by atoms with E-state index in [0.717, 1.165) is 34.5 Å². The van der Waals surface area contributed by atoms with Gasteiger partial charge in [0.15, 0.2) is 0 Å². The smallest absolute Gasteiger partial charge is 0.0738 e. The van der Waals surface area contributed by atoms with E-state index in [9.17, 15) is 0 Å². The number of nitrogens with zero attached hydrogens (tertiary/aromatic N) is 2. The topological polar surface area (TPSA) is 29.9 Å². The molecular weight excluding hydrogens is 278 g/mol. The van der Waals surface area contributed by atoms with Gasteiger partial charge >= 0.3 is 0 Å². The predicted octanol–water partition coefficient (Wildman–Crippen LogP) is 3.21. The zero-order chi connectivity index (χ0) is 13.2. The molecule has 0 bridgehead atoms. The molecule has 1 aromatic heterocycles. The SMILES string of the molecule is C=C(CNC(C)(C)C)Cn1nc(C)c(Br)c1C. The summed E-state index contributed by atoms with van der Waals surface area (Å²) in [5, 5.41) is 7.91. The first kappa shape index (κ1) is 14.5. The lowest BCUT2D eigenvalue weighted by Crippen LogP contribution is -2.37. The van der Waals surface area contributed by atoms with E-state index in [1.807, 2.05) is 11.6 Å². The molecule has 96 valence electrons. The van der Waals surface area contributed by atoms with Gasteiger partial charge in [-0.1, -0.05) is 6.58 Å². The molecular formula is C13H22BrN3. The van der Waals surface area contributed by atoms with Gasteiger partial charge in [-0.3, -0.25) is 4.68 Å². The number of aryl methyl sites for hydroxylation is 1. The highest BCUT2D eigenvalue weighted by atomic mass is 79.9. The zero-order valence-electron chi connectivity index (χ0n) is 11.4. The molecule has 0 aromatic carbocycles. The molecule has 0 atom stereocenters. The van der Waals surface area contributed by atoms with E-state index in [1.54, 1.807) is 0 Å². The lowest BCUT2D eigenvalue weighted by Gasteiger charge is -2.21. The highest BCUT2D eigenvalue weighted by Gasteiger charge is 2.11. The Morgan fingerprint density at radius 3 is 2.41 bits per heavy atom. The third-order valence-corrected chi connectivity index (χ3v) is 3.68. The van der Waals surface area contributed by atoms with Crippen LogP contribution in [0.25, 0.3) is 0 Å². The molecule has 1 heterocycles. The van der Waals surface area contributed by atoms with Gasteiger partial charge in [0.1, 0.15) is 0 Å². The molecule has 0 saturated carbocycles. The average molecular weight is 300 g/mol. The van der Waals surface area contributed by atoms with Crippen LogP contribution in [0.5, 0.6) is 0 Å². The van der Waals surface area contributed by atoms with Crippen LogP contribution in [0.4, 0.5) is 0 Å². The van der Waals surface area contributed by atoms with Crippen LogP contribution in [0.3, 0.4) is 0 Å². The van der Waals surface area contributed by atoms with Crippen LogP contribution in [0, 0.1) is 13.8 Å². The molecule has 0 saturated heterocycles. The van der Waals surface area contributed by atoms with Gasteiger partial charge in [-0.15, -0.1) is 0 Å². The summed E-state index contributed by atoms with van der Waals surface area (Å²) in [6.07, 6.45) is 0. The quantitative estimate of drug-likeness (QED) is 0.865. The largest absolute Gasteiger partial charge is 0.308 e. The minimum atomic E-state index is 0.124. The normalized spacial score (nSPS) is 11.9. The van der Waals surface area contributed by atoms with Gasteiger partial charge in [-0.05, 0) is 56.1 Å². The van der Waals surface area contributed by atoms with Crippen LogP contribution >= 0.6 is 15.9 Å². The molecule has 0 amide bonds. The minimum Gasteiger partial charge on any atom is -0.308 e. The third-order valence-electron chi connectivity index (χ3n) is 2.54. The second-order valence-corrected chi connectivity index (χ2v) is 6.29. The van der Waals surface area contributed by atoms with Crippen LogP contribution in [-0.4, -0.2) is 21.9 Å². The number of nitrogens with one attached hydrogen (secondary N) is 1. The van der Waals surface area contributed by atoms with Gasteiger partial charge < -0.3 is 5.32 Å². The monoisotopic (exact) mass is 299 g/mol. The highest BCUT2D eigenvalue weighted by molar-refractivity contribution is 9.10. The summed E-state index contributed by atoms with van der Waals surface area (Å²) < 4.78 is 3.08. The average Bonchev–Trinajstić information content (AvgIpc) is 2.43. The first-order valence-electron chi connectivity index (χ1n) is 5.82. The van der Waals surface area contributed by atoms with Crippen molar-refractivity contribution in [3.05, 3.63) is 28.0 Å². The van der Waals surface area contributed by atoms with Gasteiger partial charge in [0, 0.05) is 12.1 Å². The second kappa shape index (κ2) is 5.36. The Balaban J connectivity index is 2.60. The lowest BCUT2D eigenvalue weighted by atomic mass is 10.1. The predicted molar refractivity (Wildman–Crippen MR) is 76.3 cm³/mol. The summed E-state index contributed by atoms with van der Waals surface area (Å²) >= 11 is 3.53. The Bertz CT molecular complexity index is 413. The number of aromatic nitrogens is 2. The molecule has 1 aromatic rings. The molecule has 0 aliphatic heterocycles. The summed E-state index contributed by atoms with van der Waals surface area (Å²) in [6, 6.07) is 0. The molecule has 0 fully saturated rings. The van der Waals surface area contributed by atoms with E-state index in [0.29, 0.717) is 0 Å². The fourth-order valence-electron chi connectivity index (χ4n) is 1.49. The van der Waals surface area contributed by atoms with E-state index in [-0.39, 0.29) is 5.54 Å². The summed E-state index contributed by atoms with van der Waals surface area (Å²) in [5.74, 6) is 0. The maximum atomic E-state index is 4.48. The molecule has 0 aliphatic rings. The second-order valence-electron chi connectivity index (χ2n) is 5.50. The van der Waals surface area contributed by atoms with Gasteiger partial charge in [-0.2, -0.15) is 5.10 Å². The van der Waals surface area contributed by atoms with E-state index in [4.69, 9.17) is 0 Å². The Morgan fingerprint density at radius 2 is 2.00 bits per heavy atom. The third kappa shape index (κ3) is 4.28. The molecule has 17 heavy (non-hydrogen) atoms. The van der Waals surface area contributed by atoms with Crippen molar-refractivity contribution in [1.82, 2.24) is 15.1 Å². The van der Waals surface area contributed by atoms with Crippen molar-refractivity contribution in [2.75, 3.05) is 6.54 Å². The maximum Gasteiger partial charge on any atom is 0.0738 e. The molecule has 0 aliphatic carbocycles. The maximum absolute atomic E-state index is 4.48. The molecule has 1 rings (SSSR count). The number of rotatable bonds is 4. The molecule has 0 radical (unpaired) electrons. The number of halogens is 1. The van der Waals surface area contributed by atoms with E-state index >= 15 is 0 Å². The van der Waals surface area contributed by atoms with Gasteiger partial charge in [0.25, 0.3) is 0 Å². The Labute approximate surface area is 112 Å². The van der Waals surface area contributed by atoms with E-state index in [1.165, 1.54) is 0 Å². The highest BCUT2D eigenvalue weighted by Crippen LogP contribution is 2.20. The minimum absolute atomic E-state index is 0.124. The molecule has 3 nitrogen and oxygen atoms in total. The van der Waals surface area contributed by atoms with Gasteiger partial charge in [0.2, 0.25) is 0 Å². The molecule has 4 heteroatoms. The van der Waals surface area contributed by atoms with Crippen molar-refractivity contribution in [3.8, 4) is 0 Å². The van der Waals surface area contributed by atoms with Crippen molar-refractivity contribution in [1.29, 1.82) is 0 Å². The zero-order valence-corrected chi connectivity index (χ0v) is 13.0. The fourth-order valence-corrected chi connectivity index (χ4v) is 1.77. The van der Waals surface area contributed by atoms with Crippen LogP contribution in [0.2, 0.25) is 0 Å². The summed E-state index contributed by atoms with van der Waals surface area (Å²) in [7, 11) is 0. The Hall–Kier alpha value is -0.610. The molecule has 1 N–H and O–H groups in total. The van der Waals surface area contributed by atoms with Crippen LogP contribution in [-0.2, 0) is 6.54 Å². The van der Waals surface area contributed by atoms with Crippen LogP contribution < -0.4 is 5.32 Å². The Kier molecular flexibility index (Phi) is 4.55. The Morgan fingerprint density at radius 1 is 1.41 bits per heavy atom. The lowest BCUT2D eigenvalue weighted by molar-refractivity contribution is 0.438. The fraction of sp³-hybridized carbons (Fsp3) is 0.615. The van der Waals surface area contributed by atoms with Crippen molar-refractivity contribution < 1.29 is 0 Å². The van der Waals surface area contributed by atoms with Gasteiger partial charge in [0.05, 0.1) is 22.4 Å². The number of hydrogen-bond donors (Lipinski definition) is 1. The molecule has 0 unspecified atom stereocenters. The standard InChI is InChI=1S/C13H22BrN3/c1-9(7-15-13(4,5)6)8-17-11(3)12(14)10(2)16-17/h15H,1,7-8H2,2-6H3. The first-order chi connectivity index (χ1) is 7.70. The van der Waals surface area contributed by atoms with Crippen LogP contribution in [0.1, 0.15) is 32.2 Å². The molecule has 0 spiro atoms. The summed E-state index contributed by atoms with van der Waals surface area (Å²) in [5.41, 5.74) is 3.44. The summed E-state index contributed by atoms with van der Waals surface area (Å²) in [4.78, 5) is 0. The van der Waals surface area contributed by atoms with Crippen LogP contribution in [0.15, 0.2) is 16.6 Å². The van der Waals surface area contributed by atoms with E-state index < -0.39 is 0 Å². The van der Waals surface area contributed by atoms with E-state index in [2.05, 4.69) is 60.6 Å². The summed E-state index contributed by atoms with van der Waals surface area (Å²) in [6.45, 7) is 16.2. The van der Waals surface area contributed by atoms with Crippen molar-refractivity contribution in [3.63, 3.8) is 0 Å². The van der Waals surface area contributed by atoms with Crippen molar-refractivity contribution in [2.45, 2.75) is 46.7 Å². The van der Waals surface area contributed by atoms with Crippen molar-refractivity contribution >= 4 is 15.9 Å². The first-order valence-corrected chi connectivity index (χ1v) is 6.61.